The number of hydrogen-bond acceptors (Lipinski definition) is 4. The molecule has 0 radical (unpaired) electrons. The second-order valence-corrected chi connectivity index (χ2v) is 5.82. The SMILES string of the molecule is COc1ccc2c(=O)cc(C(=O)Nc3cccc4ccccc34)oc2c1. The van der Waals surface area contributed by atoms with E-state index in [0.29, 0.717) is 22.4 Å². The van der Waals surface area contributed by atoms with Gasteiger partial charge in [-0.15, -0.1) is 0 Å². The third-order valence-corrected chi connectivity index (χ3v) is 4.20. The molecular weight excluding hydrogens is 330 g/mol. The van der Waals surface area contributed by atoms with Crippen LogP contribution in [0.3, 0.4) is 0 Å². The van der Waals surface area contributed by atoms with Crippen LogP contribution in [0.15, 0.2) is 75.9 Å². The predicted octanol–water partition coefficient (Wildman–Crippen LogP) is 4.21. The minimum absolute atomic E-state index is 0.0521. The molecule has 26 heavy (non-hydrogen) atoms. The summed E-state index contributed by atoms with van der Waals surface area (Å²) in [6.07, 6.45) is 0. The molecule has 1 aromatic heterocycles. The van der Waals surface area contributed by atoms with Crippen LogP contribution in [0, 0.1) is 0 Å². The van der Waals surface area contributed by atoms with Gasteiger partial charge in [-0.1, -0.05) is 36.4 Å². The first kappa shape index (κ1) is 15.9. The van der Waals surface area contributed by atoms with Crippen molar-refractivity contribution < 1.29 is 13.9 Å². The van der Waals surface area contributed by atoms with Crippen LogP contribution in [0.25, 0.3) is 21.7 Å². The number of ether oxygens (including phenoxy) is 1. The summed E-state index contributed by atoms with van der Waals surface area (Å²) in [5.74, 6) is 0.0131. The van der Waals surface area contributed by atoms with Crippen LogP contribution in [0.1, 0.15) is 10.6 Å². The van der Waals surface area contributed by atoms with Gasteiger partial charge in [0.1, 0.15) is 11.3 Å². The third kappa shape index (κ3) is 2.80. The molecule has 3 aromatic carbocycles. The standard InChI is InChI=1S/C21H15NO4/c1-25-14-9-10-16-18(23)12-20(26-19(16)11-14)21(24)22-17-8-4-6-13-5-2-3-7-15(13)17/h2-12H,1H3,(H,22,24). The molecule has 0 aliphatic rings. The average molecular weight is 345 g/mol. The van der Waals surface area contributed by atoms with E-state index in [1.807, 2.05) is 42.5 Å². The van der Waals surface area contributed by atoms with Gasteiger partial charge in [0, 0.05) is 23.2 Å². The van der Waals surface area contributed by atoms with E-state index < -0.39 is 5.91 Å². The number of amides is 1. The summed E-state index contributed by atoms with van der Waals surface area (Å²) in [6, 6.07) is 19.4. The normalized spacial score (nSPS) is 10.8. The lowest BCUT2D eigenvalue weighted by molar-refractivity contribution is 0.0997. The van der Waals surface area contributed by atoms with Crippen molar-refractivity contribution in [1.29, 1.82) is 0 Å². The van der Waals surface area contributed by atoms with Gasteiger partial charge in [-0.2, -0.15) is 0 Å². The molecule has 5 nitrogen and oxygen atoms in total. The molecule has 1 N–H and O–H groups in total. The van der Waals surface area contributed by atoms with Crippen LogP contribution in [0.2, 0.25) is 0 Å². The van der Waals surface area contributed by atoms with Gasteiger partial charge < -0.3 is 14.5 Å². The second kappa shape index (κ2) is 6.37. The molecule has 0 fully saturated rings. The van der Waals surface area contributed by atoms with Crippen molar-refractivity contribution in [3.8, 4) is 5.75 Å². The van der Waals surface area contributed by atoms with Gasteiger partial charge in [-0.05, 0) is 23.6 Å². The van der Waals surface area contributed by atoms with E-state index in [2.05, 4.69) is 5.32 Å². The molecule has 0 aliphatic heterocycles. The van der Waals surface area contributed by atoms with Crippen molar-refractivity contribution >= 4 is 33.3 Å². The number of carbonyl (C=O) groups excluding carboxylic acids is 1. The molecule has 1 heterocycles. The average Bonchev–Trinajstić information content (AvgIpc) is 2.67. The molecule has 0 saturated carbocycles. The van der Waals surface area contributed by atoms with E-state index in [1.54, 1.807) is 18.2 Å². The van der Waals surface area contributed by atoms with Crippen LogP contribution in [-0.4, -0.2) is 13.0 Å². The summed E-state index contributed by atoms with van der Waals surface area (Å²) in [6.45, 7) is 0. The fourth-order valence-electron chi connectivity index (χ4n) is 2.89. The zero-order chi connectivity index (χ0) is 18.1. The van der Waals surface area contributed by atoms with Crippen molar-refractivity contribution in [2.75, 3.05) is 12.4 Å². The van der Waals surface area contributed by atoms with Gasteiger partial charge in [-0.25, -0.2) is 0 Å². The fraction of sp³-hybridized carbons (Fsp3) is 0.0476. The zero-order valence-electron chi connectivity index (χ0n) is 14.0. The summed E-state index contributed by atoms with van der Waals surface area (Å²) in [4.78, 5) is 24.9. The maximum absolute atomic E-state index is 12.6. The maximum Gasteiger partial charge on any atom is 0.291 e. The first-order valence-electron chi connectivity index (χ1n) is 8.07. The number of methoxy groups -OCH3 is 1. The molecule has 4 rings (SSSR count). The number of carbonyl (C=O) groups is 1. The Balaban J connectivity index is 1.75. The lowest BCUT2D eigenvalue weighted by Gasteiger charge is -2.09. The van der Waals surface area contributed by atoms with Crippen LogP contribution < -0.4 is 15.5 Å². The summed E-state index contributed by atoms with van der Waals surface area (Å²) in [7, 11) is 1.52. The number of hydrogen-bond donors (Lipinski definition) is 1. The van der Waals surface area contributed by atoms with E-state index >= 15 is 0 Å². The Hall–Kier alpha value is -3.60. The lowest BCUT2D eigenvalue weighted by atomic mass is 10.1. The Labute approximate surface area is 148 Å². The molecule has 128 valence electrons. The zero-order valence-corrected chi connectivity index (χ0v) is 14.0. The highest BCUT2D eigenvalue weighted by Crippen LogP contribution is 2.24. The molecule has 0 atom stereocenters. The second-order valence-electron chi connectivity index (χ2n) is 5.82. The molecule has 0 bridgehead atoms. The van der Waals surface area contributed by atoms with Crippen molar-refractivity contribution in [2.24, 2.45) is 0 Å². The highest BCUT2D eigenvalue weighted by Gasteiger charge is 2.14. The Morgan fingerprint density at radius 1 is 0.962 bits per heavy atom. The fourth-order valence-corrected chi connectivity index (χ4v) is 2.89. The topological polar surface area (TPSA) is 68.5 Å². The molecule has 0 spiro atoms. The van der Waals surface area contributed by atoms with Crippen LogP contribution in [0.5, 0.6) is 5.75 Å². The van der Waals surface area contributed by atoms with E-state index in [1.165, 1.54) is 13.2 Å². The Kier molecular flexibility index (Phi) is 3.89. The summed E-state index contributed by atoms with van der Waals surface area (Å²) in [5.41, 5.74) is 0.679. The Bertz CT molecular complexity index is 1190. The van der Waals surface area contributed by atoms with Gasteiger partial charge >= 0.3 is 0 Å². The molecule has 0 saturated heterocycles. The smallest absolute Gasteiger partial charge is 0.291 e. The first-order chi connectivity index (χ1) is 12.7. The van der Waals surface area contributed by atoms with Gasteiger partial charge in [0.05, 0.1) is 12.5 Å². The summed E-state index contributed by atoms with van der Waals surface area (Å²) >= 11 is 0. The Morgan fingerprint density at radius 3 is 2.62 bits per heavy atom. The molecule has 0 aliphatic carbocycles. The number of anilines is 1. The van der Waals surface area contributed by atoms with E-state index in [4.69, 9.17) is 9.15 Å². The van der Waals surface area contributed by atoms with Crippen LogP contribution >= 0.6 is 0 Å². The highest BCUT2D eigenvalue weighted by atomic mass is 16.5. The molecule has 5 heteroatoms. The van der Waals surface area contributed by atoms with Crippen molar-refractivity contribution in [3.63, 3.8) is 0 Å². The van der Waals surface area contributed by atoms with Gasteiger partial charge in [0.15, 0.2) is 11.2 Å². The third-order valence-electron chi connectivity index (χ3n) is 4.20. The van der Waals surface area contributed by atoms with Crippen molar-refractivity contribution in [3.05, 3.63) is 82.7 Å². The number of fused-ring (bicyclic) bond motifs is 2. The number of benzene rings is 3. The lowest BCUT2D eigenvalue weighted by Crippen LogP contribution is -2.15. The monoisotopic (exact) mass is 345 g/mol. The largest absolute Gasteiger partial charge is 0.497 e. The first-order valence-corrected chi connectivity index (χ1v) is 8.07. The van der Waals surface area contributed by atoms with Crippen molar-refractivity contribution in [1.82, 2.24) is 0 Å². The summed E-state index contributed by atoms with van der Waals surface area (Å²) in [5, 5.41) is 5.13. The minimum Gasteiger partial charge on any atom is -0.497 e. The summed E-state index contributed by atoms with van der Waals surface area (Å²) < 4.78 is 10.8. The van der Waals surface area contributed by atoms with E-state index in [9.17, 15) is 9.59 Å². The highest BCUT2D eigenvalue weighted by molar-refractivity contribution is 6.08. The number of rotatable bonds is 3. The number of nitrogens with one attached hydrogen (secondary N) is 1. The van der Waals surface area contributed by atoms with Crippen LogP contribution in [-0.2, 0) is 0 Å². The van der Waals surface area contributed by atoms with E-state index in [0.717, 1.165) is 10.8 Å². The van der Waals surface area contributed by atoms with Gasteiger partial charge in [0.2, 0.25) is 0 Å². The molecular formula is C21H15NO4. The van der Waals surface area contributed by atoms with Crippen molar-refractivity contribution in [2.45, 2.75) is 0 Å². The Morgan fingerprint density at radius 2 is 1.77 bits per heavy atom. The minimum atomic E-state index is -0.483. The molecule has 1 amide bonds. The van der Waals surface area contributed by atoms with Gasteiger partial charge in [-0.3, -0.25) is 9.59 Å². The van der Waals surface area contributed by atoms with Crippen LogP contribution in [0.4, 0.5) is 5.69 Å². The molecule has 4 aromatic rings. The van der Waals surface area contributed by atoms with Gasteiger partial charge in [0.25, 0.3) is 5.91 Å². The van der Waals surface area contributed by atoms with E-state index in [-0.39, 0.29) is 11.2 Å². The molecule has 0 unspecified atom stereocenters. The quantitative estimate of drug-likeness (QED) is 0.604. The maximum atomic E-state index is 12.6. The predicted molar refractivity (Wildman–Crippen MR) is 101 cm³/mol.